The minimum absolute atomic E-state index is 0.00659. The second-order valence-electron chi connectivity index (χ2n) is 10.4. The van der Waals surface area contributed by atoms with Gasteiger partial charge in [-0.2, -0.15) is 0 Å². The van der Waals surface area contributed by atoms with E-state index in [9.17, 15) is 4.79 Å². The Balaban J connectivity index is 1.16. The van der Waals surface area contributed by atoms with Crippen LogP contribution in [-0.4, -0.2) is 41.8 Å². The van der Waals surface area contributed by atoms with Crippen molar-refractivity contribution >= 4 is 22.6 Å². The van der Waals surface area contributed by atoms with Crippen LogP contribution in [0, 0.1) is 0 Å². The molecule has 7 heteroatoms. The fraction of sp³-hybridized carbons (Fsp3) is 0.375. The zero-order valence-electron chi connectivity index (χ0n) is 22.6. The Hall–Kier alpha value is -4.00. The summed E-state index contributed by atoms with van der Waals surface area (Å²) in [6, 6.07) is 22.4. The first kappa shape index (κ1) is 25.3. The van der Waals surface area contributed by atoms with Gasteiger partial charge >= 0.3 is 0 Å². The molecule has 0 N–H and O–H groups in total. The number of hydrogen-bond acceptors (Lipinski definition) is 5. The van der Waals surface area contributed by atoms with Crippen LogP contribution in [-0.2, 0) is 11.3 Å². The Labute approximate surface area is 229 Å². The van der Waals surface area contributed by atoms with Crippen molar-refractivity contribution in [3.05, 3.63) is 78.1 Å². The van der Waals surface area contributed by atoms with Crippen molar-refractivity contribution in [3.63, 3.8) is 0 Å². The normalized spacial score (nSPS) is 17.5. The summed E-state index contributed by atoms with van der Waals surface area (Å²) in [6.45, 7) is 7.49. The van der Waals surface area contributed by atoms with E-state index in [0.29, 0.717) is 44.5 Å². The largest absolute Gasteiger partial charge is 0.494 e. The van der Waals surface area contributed by atoms with Crippen molar-refractivity contribution in [1.82, 2.24) is 9.55 Å². The molecule has 2 unspecified atom stereocenters. The molecule has 2 aliphatic rings. The average molecular weight is 526 g/mol. The number of ether oxygens (including phenoxy) is 3. The summed E-state index contributed by atoms with van der Waals surface area (Å²) in [5.41, 5.74) is 4.23. The number of para-hydroxylation sites is 2. The third-order valence-corrected chi connectivity index (χ3v) is 7.87. The molecule has 0 bridgehead atoms. The zero-order chi connectivity index (χ0) is 26.8. The van der Waals surface area contributed by atoms with Crippen molar-refractivity contribution in [2.45, 2.75) is 51.5 Å². The number of carbonyl (C=O) groups excluding carboxylic acids is 1. The van der Waals surface area contributed by atoms with Crippen LogP contribution in [0.2, 0.25) is 0 Å². The van der Waals surface area contributed by atoms with E-state index in [-0.39, 0.29) is 11.8 Å². The maximum atomic E-state index is 13.2. The average Bonchev–Trinajstić information content (AvgIpc) is 3.55. The van der Waals surface area contributed by atoms with Crippen molar-refractivity contribution in [3.8, 4) is 17.2 Å². The van der Waals surface area contributed by atoms with Gasteiger partial charge in [-0.1, -0.05) is 38.1 Å². The van der Waals surface area contributed by atoms with E-state index in [4.69, 9.17) is 19.2 Å². The molecule has 1 aromatic heterocycles. The Morgan fingerprint density at radius 2 is 1.82 bits per heavy atom. The predicted octanol–water partition coefficient (Wildman–Crippen LogP) is 6.31. The Kier molecular flexibility index (Phi) is 7.14. The standard InChI is InChI=1S/C32H35N3O4/c1-3-22(2)23-9-12-26(13-10-23)37-16-6-15-34-28-8-5-4-7-27(28)33-32(34)24-19-31(36)35(21-24)25-11-14-29-30(20-25)39-18-17-38-29/h4-5,7-14,20,22,24H,3,6,15-19,21H2,1-2H3. The summed E-state index contributed by atoms with van der Waals surface area (Å²) in [5, 5.41) is 0. The molecule has 3 aromatic carbocycles. The highest BCUT2D eigenvalue weighted by Crippen LogP contribution is 2.38. The number of carbonyl (C=O) groups is 1. The topological polar surface area (TPSA) is 65.8 Å². The number of rotatable bonds is 9. The third kappa shape index (κ3) is 5.18. The summed E-state index contributed by atoms with van der Waals surface area (Å²) in [4.78, 5) is 20.0. The van der Waals surface area contributed by atoms with Gasteiger partial charge in [0.15, 0.2) is 11.5 Å². The van der Waals surface area contributed by atoms with Crippen LogP contribution in [0.4, 0.5) is 5.69 Å². The minimum atomic E-state index is 0.00659. The molecule has 7 nitrogen and oxygen atoms in total. The first-order valence-electron chi connectivity index (χ1n) is 14.0. The number of hydrogen-bond donors (Lipinski definition) is 0. The fourth-order valence-corrected chi connectivity index (χ4v) is 5.51. The van der Waals surface area contributed by atoms with E-state index in [2.05, 4.69) is 48.7 Å². The van der Waals surface area contributed by atoms with Crippen LogP contribution in [0.3, 0.4) is 0 Å². The number of aryl methyl sites for hydroxylation is 1. The summed E-state index contributed by atoms with van der Waals surface area (Å²) in [5.74, 6) is 3.93. The lowest BCUT2D eigenvalue weighted by molar-refractivity contribution is -0.117. The van der Waals surface area contributed by atoms with E-state index >= 15 is 0 Å². The van der Waals surface area contributed by atoms with E-state index in [1.807, 2.05) is 41.3 Å². The van der Waals surface area contributed by atoms with Crippen molar-refractivity contribution < 1.29 is 19.0 Å². The van der Waals surface area contributed by atoms with Gasteiger partial charge in [0.05, 0.1) is 17.6 Å². The van der Waals surface area contributed by atoms with E-state index < -0.39 is 0 Å². The van der Waals surface area contributed by atoms with Crippen LogP contribution in [0.25, 0.3) is 11.0 Å². The van der Waals surface area contributed by atoms with Crippen LogP contribution < -0.4 is 19.1 Å². The van der Waals surface area contributed by atoms with Gasteiger partial charge in [0.2, 0.25) is 5.91 Å². The lowest BCUT2D eigenvalue weighted by atomic mass is 9.99. The molecule has 0 spiro atoms. The molecule has 0 radical (unpaired) electrons. The maximum Gasteiger partial charge on any atom is 0.227 e. The number of amides is 1. The molecule has 6 rings (SSSR count). The predicted molar refractivity (Wildman–Crippen MR) is 152 cm³/mol. The number of fused-ring (bicyclic) bond motifs is 2. The van der Waals surface area contributed by atoms with Gasteiger partial charge in [-0.25, -0.2) is 4.98 Å². The molecule has 2 atom stereocenters. The molecule has 1 fully saturated rings. The zero-order valence-corrected chi connectivity index (χ0v) is 22.6. The summed E-state index contributed by atoms with van der Waals surface area (Å²) in [7, 11) is 0. The van der Waals surface area contributed by atoms with Gasteiger partial charge in [-0.15, -0.1) is 0 Å². The molecule has 4 aromatic rings. The summed E-state index contributed by atoms with van der Waals surface area (Å²) in [6.07, 6.45) is 2.40. The molecule has 0 aliphatic carbocycles. The number of anilines is 1. The monoisotopic (exact) mass is 525 g/mol. The van der Waals surface area contributed by atoms with Gasteiger partial charge in [-0.3, -0.25) is 4.79 Å². The number of imidazole rings is 1. The molecule has 1 saturated heterocycles. The SMILES string of the molecule is CCC(C)c1ccc(OCCCn2c(C3CC(=O)N(c4ccc5c(c4)OCCO5)C3)nc3ccccc32)cc1. The van der Waals surface area contributed by atoms with E-state index in [1.165, 1.54) is 5.56 Å². The van der Waals surface area contributed by atoms with E-state index in [1.54, 1.807) is 0 Å². The van der Waals surface area contributed by atoms with Gasteiger partial charge in [0.25, 0.3) is 0 Å². The van der Waals surface area contributed by atoms with Crippen molar-refractivity contribution in [2.24, 2.45) is 0 Å². The molecule has 39 heavy (non-hydrogen) atoms. The van der Waals surface area contributed by atoms with Crippen molar-refractivity contribution in [2.75, 3.05) is 31.3 Å². The first-order valence-corrected chi connectivity index (χ1v) is 14.0. The van der Waals surface area contributed by atoms with Crippen LogP contribution >= 0.6 is 0 Å². The smallest absolute Gasteiger partial charge is 0.227 e. The highest BCUT2D eigenvalue weighted by atomic mass is 16.6. The Morgan fingerprint density at radius 3 is 2.64 bits per heavy atom. The summed E-state index contributed by atoms with van der Waals surface area (Å²) < 4.78 is 19.7. The van der Waals surface area contributed by atoms with Gasteiger partial charge in [-0.05, 0) is 60.7 Å². The second kappa shape index (κ2) is 11.0. The van der Waals surface area contributed by atoms with Crippen LogP contribution in [0.15, 0.2) is 66.7 Å². The molecular weight excluding hydrogens is 490 g/mol. The minimum Gasteiger partial charge on any atom is -0.494 e. The molecule has 0 saturated carbocycles. The van der Waals surface area contributed by atoms with Crippen LogP contribution in [0.5, 0.6) is 17.2 Å². The maximum absolute atomic E-state index is 13.2. The summed E-state index contributed by atoms with van der Waals surface area (Å²) >= 11 is 0. The number of aromatic nitrogens is 2. The number of benzene rings is 3. The quantitative estimate of drug-likeness (QED) is 0.240. The van der Waals surface area contributed by atoms with Crippen molar-refractivity contribution in [1.29, 1.82) is 0 Å². The Bertz CT molecular complexity index is 1460. The second-order valence-corrected chi connectivity index (χ2v) is 10.4. The van der Waals surface area contributed by atoms with Crippen LogP contribution in [0.1, 0.15) is 56.3 Å². The third-order valence-electron chi connectivity index (χ3n) is 7.87. The molecule has 3 heterocycles. The fourth-order valence-electron chi connectivity index (χ4n) is 5.51. The lowest BCUT2D eigenvalue weighted by Gasteiger charge is -2.22. The number of nitrogens with zero attached hydrogens (tertiary/aromatic N) is 3. The highest BCUT2D eigenvalue weighted by molar-refractivity contribution is 5.97. The first-order chi connectivity index (χ1) is 19.1. The molecule has 202 valence electrons. The lowest BCUT2D eigenvalue weighted by Crippen LogP contribution is -2.25. The highest BCUT2D eigenvalue weighted by Gasteiger charge is 2.35. The Morgan fingerprint density at radius 1 is 1.03 bits per heavy atom. The van der Waals surface area contributed by atoms with Gasteiger partial charge in [0.1, 0.15) is 24.8 Å². The van der Waals surface area contributed by atoms with Gasteiger partial charge < -0.3 is 23.7 Å². The van der Waals surface area contributed by atoms with E-state index in [0.717, 1.165) is 53.4 Å². The molecule has 2 aliphatic heterocycles. The molecular formula is C32H35N3O4. The van der Waals surface area contributed by atoms with Gasteiger partial charge in [0, 0.05) is 37.2 Å². The molecule has 1 amide bonds.